The number of rotatable bonds is 7. The van der Waals surface area contributed by atoms with Crippen molar-refractivity contribution < 1.29 is 32.2 Å². The van der Waals surface area contributed by atoms with Gasteiger partial charge in [0.05, 0.1) is 25.0 Å². The maximum absolute atomic E-state index is 14.3. The van der Waals surface area contributed by atoms with Gasteiger partial charge in [-0.25, -0.2) is 0 Å². The lowest BCUT2D eigenvalue weighted by atomic mass is 9.76. The van der Waals surface area contributed by atoms with E-state index in [1.807, 2.05) is 49.4 Å². The Bertz CT molecular complexity index is 1720. The summed E-state index contributed by atoms with van der Waals surface area (Å²) < 4.78 is 51.6. The molecule has 1 fully saturated rings. The molecule has 0 radical (unpaired) electrons. The quantitative estimate of drug-likeness (QED) is 0.277. The fourth-order valence-corrected chi connectivity index (χ4v) is 6.40. The van der Waals surface area contributed by atoms with Crippen LogP contribution in [-0.2, 0) is 27.8 Å². The molecule has 0 saturated carbocycles. The van der Waals surface area contributed by atoms with Gasteiger partial charge >= 0.3 is 6.18 Å². The first kappa shape index (κ1) is 28.6. The minimum absolute atomic E-state index is 0.118. The van der Waals surface area contributed by atoms with Crippen LogP contribution >= 0.6 is 0 Å². The molecule has 2 atom stereocenters. The zero-order chi connectivity index (χ0) is 30.5. The van der Waals surface area contributed by atoms with Crippen molar-refractivity contribution in [3.05, 3.63) is 94.7 Å². The van der Waals surface area contributed by atoms with E-state index < -0.39 is 17.3 Å². The van der Waals surface area contributed by atoms with Gasteiger partial charge in [-0.15, -0.1) is 0 Å². The summed E-state index contributed by atoms with van der Waals surface area (Å²) >= 11 is 0. The number of methoxy groups -OCH3 is 1. The van der Waals surface area contributed by atoms with E-state index in [0.29, 0.717) is 29.4 Å². The van der Waals surface area contributed by atoms with Gasteiger partial charge in [0.1, 0.15) is 6.54 Å². The van der Waals surface area contributed by atoms with E-state index in [9.17, 15) is 22.8 Å². The number of carbonyl (C=O) groups excluding carboxylic acids is 2. The second-order valence-electron chi connectivity index (χ2n) is 11.2. The Labute approximate surface area is 247 Å². The number of nitrogens with zero attached hydrogens (tertiary/aromatic N) is 2. The molecule has 1 N–H and O–H groups in total. The van der Waals surface area contributed by atoms with E-state index in [-0.39, 0.29) is 37.4 Å². The van der Waals surface area contributed by atoms with Crippen molar-refractivity contribution in [2.45, 2.75) is 44.4 Å². The highest BCUT2D eigenvalue weighted by Gasteiger charge is 2.56. The minimum atomic E-state index is -4.51. The largest absolute Gasteiger partial charge is 0.493 e. The SMILES string of the molecule is CCCOc1ccc([C@H]2CN3C(=O)CN(Cc4cccc(C(F)(F)F)c4)C(=O)[C@]3(C)c3[nH]c4ccccc4c32)cc1OC. The van der Waals surface area contributed by atoms with E-state index >= 15 is 0 Å². The van der Waals surface area contributed by atoms with Crippen molar-refractivity contribution in [2.24, 2.45) is 0 Å². The summed E-state index contributed by atoms with van der Waals surface area (Å²) in [6.07, 6.45) is -3.66. The number of aromatic nitrogens is 1. The van der Waals surface area contributed by atoms with E-state index in [4.69, 9.17) is 9.47 Å². The van der Waals surface area contributed by atoms with Crippen LogP contribution < -0.4 is 9.47 Å². The number of benzene rings is 3. The number of amides is 2. The molecular weight excluding hydrogens is 559 g/mol. The van der Waals surface area contributed by atoms with E-state index in [1.54, 1.807) is 18.9 Å². The molecule has 2 aliphatic heterocycles. The lowest BCUT2D eigenvalue weighted by Gasteiger charge is -2.51. The predicted molar refractivity (Wildman–Crippen MR) is 155 cm³/mol. The zero-order valence-electron chi connectivity index (χ0n) is 24.1. The molecule has 0 spiro atoms. The number of aromatic amines is 1. The first-order valence-electron chi connectivity index (χ1n) is 14.2. The van der Waals surface area contributed by atoms with Gasteiger partial charge in [-0.05, 0) is 60.4 Å². The molecule has 6 rings (SSSR count). The Kier molecular flexibility index (Phi) is 7.10. The normalized spacial score (nSPS) is 20.3. The number of halogens is 3. The standard InChI is InChI=1S/C33H32F3N3O4/c1-4-14-43-26-13-12-21(16-27(26)42-3)24-18-39-28(40)19-38(17-20-8-7-9-22(15-20)33(34,35)36)31(41)32(39,2)30-29(24)23-10-5-6-11-25(23)37-30/h5-13,15-16,24,37H,4,14,17-19H2,1-3H3/t24-,32+/m1/s1. The number of hydrogen-bond donors (Lipinski definition) is 1. The van der Waals surface area contributed by atoms with Crippen LogP contribution in [0.5, 0.6) is 11.5 Å². The van der Waals surface area contributed by atoms with Crippen LogP contribution in [0.2, 0.25) is 0 Å². The van der Waals surface area contributed by atoms with Crippen molar-refractivity contribution in [3.8, 4) is 11.5 Å². The highest BCUT2D eigenvalue weighted by Crippen LogP contribution is 2.49. The number of nitrogens with one attached hydrogen (secondary N) is 1. The molecule has 7 nitrogen and oxygen atoms in total. The van der Waals surface area contributed by atoms with Crippen LogP contribution in [0, 0.1) is 0 Å². The maximum atomic E-state index is 14.3. The molecule has 10 heteroatoms. The van der Waals surface area contributed by atoms with Crippen molar-refractivity contribution in [1.29, 1.82) is 0 Å². The molecule has 2 amide bonds. The average Bonchev–Trinajstić information content (AvgIpc) is 3.39. The Morgan fingerprint density at radius 3 is 2.56 bits per heavy atom. The van der Waals surface area contributed by atoms with Crippen molar-refractivity contribution in [3.63, 3.8) is 0 Å². The topological polar surface area (TPSA) is 74.9 Å². The van der Waals surface area contributed by atoms with Gasteiger partial charge in [0.2, 0.25) is 5.91 Å². The van der Waals surface area contributed by atoms with Crippen LogP contribution in [-0.4, -0.2) is 53.4 Å². The van der Waals surface area contributed by atoms with Gasteiger partial charge in [-0.3, -0.25) is 9.59 Å². The van der Waals surface area contributed by atoms with E-state index in [0.717, 1.165) is 40.6 Å². The van der Waals surface area contributed by atoms with Crippen LogP contribution in [0.4, 0.5) is 13.2 Å². The maximum Gasteiger partial charge on any atom is 0.416 e. The lowest BCUT2D eigenvalue weighted by molar-refractivity contribution is -0.167. The van der Waals surface area contributed by atoms with E-state index in [1.165, 1.54) is 17.0 Å². The van der Waals surface area contributed by atoms with Gasteiger partial charge in [-0.1, -0.05) is 43.3 Å². The van der Waals surface area contributed by atoms with Gasteiger partial charge < -0.3 is 24.3 Å². The molecule has 4 aromatic rings. The third kappa shape index (κ3) is 4.78. The molecule has 0 aliphatic carbocycles. The second kappa shape index (κ2) is 10.7. The molecule has 0 unspecified atom stereocenters. The summed E-state index contributed by atoms with van der Waals surface area (Å²) in [7, 11) is 1.58. The number of H-pyrrole nitrogens is 1. The number of para-hydroxylation sites is 1. The molecule has 43 heavy (non-hydrogen) atoms. The average molecular weight is 592 g/mol. The summed E-state index contributed by atoms with van der Waals surface area (Å²) in [6.45, 7) is 4.18. The fraction of sp³-hybridized carbons (Fsp3) is 0.333. The van der Waals surface area contributed by atoms with Crippen LogP contribution in [0.15, 0.2) is 66.7 Å². The first-order valence-corrected chi connectivity index (χ1v) is 14.2. The molecule has 3 aromatic carbocycles. The summed E-state index contributed by atoms with van der Waals surface area (Å²) in [5.74, 6) is 0.298. The van der Waals surface area contributed by atoms with Crippen LogP contribution in [0.1, 0.15) is 54.1 Å². The molecule has 224 valence electrons. The molecule has 1 saturated heterocycles. The number of hydrogen-bond acceptors (Lipinski definition) is 4. The van der Waals surface area contributed by atoms with E-state index in [2.05, 4.69) is 4.98 Å². The smallest absolute Gasteiger partial charge is 0.416 e. The number of ether oxygens (including phenoxy) is 2. The Balaban J connectivity index is 1.44. The summed E-state index contributed by atoms with van der Waals surface area (Å²) in [6, 6.07) is 18.4. The predicted octanol–water partition coefficient (Wildman–Crippen LogP) is 6.22. The highest BCUT2D eigenvalue weighted by molar-refractivity contribution is 6.01. The molecule has 3 heterocycles. The van der Waals surface area contributed by atoms with Gasteiger partial charge in [0.15, 0.2) is 17.0 Å². The van der Waals surface area contributed by atoms with Gasteiger partial charge in [0.25, 0.3) is 5.91 Å². The Morgan fingerprint density at radius 1 is 1.02 bits per heavy atom. The summed E-state index contributed by atoms with van der Waals surface area (Å²) in [5.41, 5.74) is 1.36. The third-order valence-electron chi connectivity index (χ3n) is 8.50. The summed E-state index contributed by atoms with van der Waals surface area (Å²) in [4.78, 5) is 34.5. The number of piperazine rings is 1. The number of carbonyl (C=O) groups is 2. The van der Waals surface area contributed by atoms with Crippen molar-refractivity contribution >= 4 is 22.7 Å². The van der Waals surface area contributed by atoms with Crippen LogP contribution in [0.3, 0.4) is 0 Å². The number of fused-ring (bicyclic) bond motifs is 5. The zero-order valence-corrected chi connectivity index (χ0v) is 24.1. The monoisotopic (exact) mass is 591 g/mol. The lowest BCUT2D eigenvalue weighted by Crippen LogP contribution is -2.67. The van der Waals surface area contributed by atoms with Crippen LogP contribution in [0.25, 0.3) is 10.9 Å². The Morgan fingerprint density at radius 2 is 1.81 bits per heavy atom. The minimum Gasteiger partial charge on any atom is -0.493 e. The summed E-state index contributed by atoms with van der Waals surface area (Å²) in [5, 5.41) is 0.934. The van der Waals surface area contributed by atoms with Gasteiger partial charge in [0, 0.05) is 29.9 Å². The second-order valence-corrected chi connectivity index (χ2v) is 11.2. The Hall–Kier alpha value is -4.47. The molecule has 1 aromatic heterocycles. The van der Waals surface area contributed by atoms with Crippen molar-refractivity contribution in [1.82, 2.24) is 14.8 Å². The first-order chi connectivity index (χ1) is 20.6. The highest BCUT2D eigenvalue weighted by atomic mass is 19.4. The van der Waals surface area contributed by atoms with Gasteiger partial charge in [-0.2, -0.15) is 13.2 Å². The molecule has 2 aliphatic rings. The molecule has 0 bridgehead atoms. The number of alkyl halides is 3. The molecular formula is C33H32F3N3O4. The van der Waals surface area contributed by atoms with Crippen molar-refractivity contribution in [2.75, 3.05) is 26.8 Å². The fourth-order valence-electron chi connectivity index (χ4n) is 6.40. The third-order valence-corrected chi connectivity index (χ3v) is 8.50.